The smallest absolute Gasteiger partial charge is 0.267 e. The summed E-state index contributed by atoms with van der Waals surface area (Å²) in [5.41, 5.74) is 2.97. The largest absolute Gasteiger partial charge is 0.277 e. The zero-order valence-electron chi connectivity index (χ0n) is 20.9. The summed E-state index contributed by atoms with van der Waals surface area (Å²) in [5.74, 6) is 0. The van der Waals surface area contributed by atoms with Crippen LogP contribution in [0.25, 0.3) is 0 Å². The second kappa shape index (κ2) is 7.91. The number of rotatable bonds is 6. The Morgan fingerprint density at radius 2 is 0.900 bits per heavy atom. The molecule has 2 aromatic heterocycles. The van der Waals surface area contributed by atoms with Crippen LogP contribution in [0.1, 0.15) is 91.8 Å². The fourth-order valence-electron chi connectivity index (χ4n) is 4.51. The third-order valence-electron chi connectivity index (χ3n) is 4.95. The fraction of sp³-hybridized carbons (Fsp3) is 0.750. The third kappa shape index (κ3) is 5.67. The van der Waals surface area contributed by atoms with E-state index in [1.165, 1.54) is 4.52 Å². The molecule has 2 aromatic rings. The van der Waals surface area contributed by atoms with Crippen molar-refractivity contribution < 1.29 is 0 Å². The molecule has 170 valence electrons. The SMILES string of the molecule is Cc1c(CC(C)(C)SC(C)(C)C)n2c(CC(C)(C)SC(C)(C)C)c(C)c(=O)n2c1=O. The van der Waals surface area contributed by atoms with Crippen LogP contribution in [0.2, 0.25) is 0 Å². The van der Waals surface area contributed by atoms with E-state index in [2.05, 4.69) is 69.2 Å². The van der Waals surface area contributed by atoms with E-state index in [0.29, 0.717) is 11.1 Å². The van der Waals surface area contributed by atoms with Crippen LogP contribution in [0.5, 0.6) is 0 Å². The summed E-state index contributed by atoms with van der Waals surface area (Å²) in [6.07, 6.45) is 1.47. The van der Waals surface area contributed by atoms with Gasteiger partial charge in [-0.2, -0.15) is 4.52 Å². The lowest BCUT2D eigenvalue weighted by molar-refractivity contribution is 0.612. The van der Waals surface area contributed by atoms with Gasteiger partial charge in [-0.3, -0.25) is 14.1 Å². The van der Waals surface area contributed by atoms with Crippen LogP contribution in [-0.4, -0.2) is 28.0 Å². The van der Waals surface area contributed by atoms with E-state index in [1.807, 2.05) is 41.9 Å². The van der Waals surface area contributed by atoms with Gasteiger partial charge in [-0.25, -0.2) is 0 Å². The van der Waals surface area contributed by atoms with Gasteiger partial charge in [-0.1, -0.05) is 69.2 Å². The fourth-order valence-corrected chi connectivity index (χ4v) is 8.25. The van der Waals surface area contributed by atoms with E-state index in [9.17, 15) is 9.59 Å². The first-order valence-corrected chi connectivity index (χ1v) is 12.4. The average Bonchev–Trinajstić information content (AvgIpc) is 2.84. The molecule has 0 bridgehead atoms. The molecular weight excluding hydrogens is 412 g/mol. The van der Waals surface area contributed by atoms with E-state index < -0.39 is 0 Å². The molecule has 0 fully saturated rings. The average molecular weight is 453 g/mol. The van der Waals surface area contributed by atoms with Crippen molar-refractivity contribution in [1.29, 1.82) is 0 Å². The van der Waals surface area contributed by atoms with Crippen molar-refractivity contribution >= 4 is 23.5 Å². The summed E-state index contributed by atoms with van der Waals surface area (Å²) in [6, 6.07) is 0. The molecule has 0 aliphatic rings. The van der Waals surface area contributed by atoms with Crippen LogP contribution < -0.4 is 11.1 Å². The van der Waals surface area contributed by atoms with Gasteiger partial charge in [0.15, 0.2) is 0 Å². The lowest BCUT2D eigenvalue weighted by Crippen LogP contribution is -2.29. The van der Waals surface area contributed by atoms with Crippen LogP contribution in [0, 0.1) is 13.8 Å². The Balaban J connectivity index is 2.66. The molecule has 0 amide bonds. The molecule has 0 radical (unpaired) electrons. The molecular formula is C24H40N2O2S2. The van der Waals surface area contributed by atoms with Gasteiger partial charge < -0.3 is 0 Å². The van der Waals surface area contributed by atoms with Gasteiger partial charge in [0.2, 0.25) is 0 Å². The minimum atomic E-state index is -0.179. The maximum atomic E-state index is 13.0. The second-order valence-electron chi connectivity index (χ2n) is 11.7. The summed E-state index contributed by atoms with van der Waals surface area (Å²) >= 11 is 3.82. The molecule has 4 nitrogen and oxygen atoms in total. The Morgan fingerprint density at radius 1 is 0.600 bits per heavy atom. The molecule has 2 rings (SSSR count). The molecule has 0 saturated heterocycles. The molecule has 0 spiro atoms. The van der Waals surface area contributed by atoms with Crippen LogP contribution in [0.3, 0.4) is 0 Å². The van der Waals surface area contributed by atoms with E-state index >= 15 is 0 Å². The summed E-state index contributed by atoms with van der Waals surface area (Å²) < 4.78 is 3.41. The monoisotopic (exact) mass is 452 g/mol. The quantitative estimate of drug-likeness (QED) is 0.579. The third-order valence-corrected chi connectivity index (χ3v) is 7.57. The van der Waals surface area contributed by atoms with E-state index in [0.717, 1.165) is 24.2 Å². The molecule has 0 aliphatic heterocycles. The molecule has 0 aliphatic carbocycles. The highest BCUT2D eigenvalue weighted by atomic mass is 32.2. The van der Waals surface area contributed by atoms with Crippen LogP contribution >= 0.6 is 23.5 Å². The molecule has 6 heteroatoms. The standard InChI is InChI=1S/C24H40N2O2S2/c1-15-17(13-23(9,10)29-21(3,4)5)25-18(14-24(11,12)30-22(6,7)8)16(2)20(28)26(25)19(15)27/h13-14H2,1-12H3. The maximum absolute atomic E-state index is 13.0. The molecule has 0 unspecified atom stereocenters. The van der Waals surface area contributed by atoms with Crippen molar-refractivity contribution in [3.63, 3.8) is 0 Å². The first kappa shape index (κ1) is 25.4. The Bertz CT molecular complexity index is 952. The molecule has 2 heterocycles. The van der Waals surface area contributed by atoms with Gasteiger partial charge >= 0.3 is 0 Å². The van der Waals surface area contributed by atoms with Gasteiger partial charge in [0.25, 0.3) is 11.1 Å². The van der Waals surface area contributed by atoms with E-state index in [1.54, 1.807) is 0 Å². The highest BCUT2D eigenvalue weighted by Gasteiger charge is 2.33. The second-order valence-corrected chi connectivity index (χ2v) is 16.7. The number of hydrogen-bond acceptors (Lipinski definition) is 4. The van der Waals surface area contributed by atoms with Crippen molar-refractivity contribution in [3.8, 4) is 0 Å². The first-order chi connectivity index (χ1) is 13.2. The lowest BCUT2D eigenvalue weighted by Gasteiger charge is -2.33. The highest BCUT2D eigenvalue weighted by molar-refractivity contribution is 8.02. The highest BCUT2D eigenvalue weighted by Crippen LogP contribution is 2.40. The lowest BCUT2D eigenvalue weighted by atomic mass is 10.0. The van der Waals surface area contributed by atoms with Gasteiger partial charge in [0.1, 0.15) is 0 Å². The van der Waals surface area contributed by atoms with Gasteiger partial charge in [0, 0.05) is 43.0 Å². The van der Waals surface area contributed by atoms with Crippen molar-refractivity contribution in [1.82, 2.24) is 9.03 Å². The Kier molecular flexibility index (Phi) is 6.70. The predicted molar refractivity (Wildman–Crippen MR) is 134 cm³/mol. The number of thioether (sulfide) groups is 2. The Labute approximate surface area is 190 Å². The van der Waals surface area contributed by atoms with Crippen LogP contribution in [0.15, 0.2) is 9.59 Å². The molecule has 30 heavy (non-hydrogen) atoms. The van der Waals surface area contributed by atoms with Crippen LogP contribution in [0.4, 0.5) is 0 Å². The van der Waals surface area contributed by atoms with Crippen molar-refractivity contribution in [2.75, 3.05) is 0 Å². The summed E-state index contributed by atoms with van der Waals surface area (Å²) in [6.45, 7) is 25.9. The van der Waals surface area contributed by atoms with Gasteiger partial charge in [0.05, 0.1) is 11.4 Å². The summed E-state index contributed by atoms with van der Waals surface area (Å²) in [4.78, 5) is 26.1. The number of hydrogen-bond donors (Lipinski definition) is 0. The predicted octanol–water partition coefficient (Wildman–Crippen LogP) is 5.52. The Morgan fingerprint density at radius 3 is 1.17 bits per heavy atom. The van der Waals surface area contributed by atoms with Gasteiger partial charge in [-0.05, 0) is 13.8 Å². The van der Waals surface area contributed by atoms with Crippen molar-refractivity contribution in [2.45, 2.75) is 115 Å². The van der Waals surface area contributed by atoms with Crippen LogP contribution in [-0.2, 0) is 12.8 Å². The summed E-state index contributed by atoms with van der Waals surface area (Å²) in [5, 5.41) is 0. The number of fused-ring (bicyclic) bond motifs is 1. The topological polar surface area (TPSA) is 43.0 Å². The minimum Gasteiger partial charge on any atom is -0.267 e. The minimum absolute atomic E-state index is 0.0640. The summed E-state index contributed by atoms with van der Waals surface area (Å²) in [7, 11) is 0. The van der Waals surface area contributed by atoms with E-state index in [4.69, 9.17) is 0 Å². The zero-order valence-corrected chi connectivity index (χ0v) is 22.6. The van der Waals surface area contributed by atoms with E-state index in [-0.39, 0.29) is 30.1 Å². The normalized spacial score (nSPS) is 14.1. The Hall–Kier alpha value is -0.880. The number of nitrogens with zero attached hydrogens (tertiary/aromatic N) is 2. The maximum Gasteiger partial charge on any atom is 0.277 e. The van der Waals surface area contributed by atoms with Crippen molar-refractivity contribution in [3.05, 3.63) is 43.2 Å². The van der Waals surface area contributed by atoms with Crippen molar-refractivity contribution in [2.24, 2.45) is 0 Å². The molecule has 0 aromatic carbocycles. The van der Waals surface area contributed by atoms with Gasteiger partial charge in [-0.15, -0.1) is 23.5 Å². The molecule has 0 saturated carbocycles. The number of aromatic nitrogens is 2. The molecule has 0 atom stereocenters. The zero-order chi connectivity index (χ0) is 23.4. The first-order valence-electron chi connectivity index (χ1n) is 10.7. The molecule has 0 N–H and O–H groups in total.